The molecule has 17 heavy (non-hydrogen) atoms. The number of nitrogens with zero attached hydrogens (tertiary/aromatic N) is 2. The van der Waals surface area contributed by atoms with Gasteiger partial charge >= 0.3 is 5.97 Å². The number of nitrogens with one attached hydrogen (secondary N) is 1. The number of rotatable bonds is 6. The maximum atomic E-state index is 11.1. The maximum absolute atomic E-state index is 11.1. The lowest BCUT2D eigenvalue weighted by atomic mass is 10.3. The van der Waals surface area contributed by atoms with Crippen LogP contribution in [0.1, 0.15) is 25.6 Å². The third-order valence-corrected chi connectivity index (χ3v) is 2.38. The number of carbonyl (C=O) groups is 1. The Kier molecular flexibility index (Phi) is 5.90. The van der Waals surface area contributed by atoms with Crippen LogP contribution in [0.2, 0.25) is 0 Å². The van der Waals surface area contributed by atoms with Crippen molar-refractivity contribution in [3.05, 3.63) is 16.5 Å². The lowest BCUT2D eigenvalue weighted by Gasteiger charge is -2.06. The molecular weight excluding hydrogens is 286 g/mol. The Labute approximate surface area is 109 Å². The Hall–Kier alpha value is -1.17. The topological polar surface area (TPSA) is 64.1 Å². The van der Waals surface area contributed by atoms with Gasteiger partial charge in [0.15, 0.2) is 0 Å². The Balaban J connectivity index is 2.28. The lowest BCUT2D eigenvalue weighted by molar-refractivity contribution is -0.143. The number of hydrogen-bond acceptors (Lipinski definition) is 5. The molecule has 0 amide bonds. The largest absolute Gasteiger partial charge is 0.466 e. The van der Waals surface area contributed by atoms with Crippen molar-refractivity contribution in [3.8, 4) is 0 Å². The number of anilines is 1. The maximum Gasteiger partial charge on any atom is 0.305 e. The minimum absolute atomic E-state index is 0.158. The summed E-state index contributed by atoms with van der Waals surface area (Å²) in [4.78, 5) is 19.4. The number of hydrogen-bond donors (Lipinski definition) is 1. The quantitative estimate of drug-likeness (QED) is 0.496. The van der Waals surface area contributed by atoms with Crippen molar-refractivity contribution in [1.82, 2.24) is 9.97 Å². The molecule has 0 bridgehead atoms. The van der Waals surface area contributed by atoms with E-state index in [9.17, 15) is 4.79 Å². The molecule has 0 saturated carbocycles. The molecule has 0 aromatic carbocycles. The van der Waals surface area contributed by atoms with Crippen molar-refractivity contribution >= 4 is 27.7 Å². The number of esters is 1. The molecule has 1 aromatic heterocycles. The minimum Gasteiger partial charge on any atom is -0.466 e. The van der Waals surface area contributed by atoms with E-state index in [0.717, 1.165) is 16.8 Å². The van der Waals surface area contributed by atoms with Crippen molar-refractivity contribution in [3.63, 3.8) is 0 Å². The average Bonchev–Trinajstić information content (AvgIpc) is 2.23. The highest BCUT2D eigenvalue weighted by atomic mass is 79.9. The van der Waals surface area contributed by atoms with E-state index >= 15 is 0 Å². The van der Waals surface area contributed by atoms with E-state index in [4.69, 9.17) is 4.74 Å². The van der Waals surface area contributed by atoms with Crippen LogP contribution in [-0.2, 0) is 9.53 Å². The first kappa shape index (κ1) is 13.9. The summed E-state index contributed by atoms with van der Waals surface area (Å²) in [7, 11) is 0. The Morgan fingerprint density at radius 1 is 1.53 bits per heavy atom. The fourth-order valence-electron chi connectivity index (χ4n) is 1.30. The molecule has 1 heterocycles. The molecule has 5 nitrogen and oxygen atoms in total. The molecule has 1 N–H and O–H groups in total. The summed E-state index contributed by atoms with van der Waals surface area (Å²) in [5.74, 6) is 1.30. The minimum atomic E-state index is -0.158. The summed E-state index contributed by atoms with van der Waals surface area (Å²) in [6.45, 7) is 4.75. The van der Waals surface area contributed by atoms with Crippen molar-refractivity contribution in [2.45, 2.75) is 26.7 Å². The smallest absolute Gasteiger partial charge is 0.305 e. The van der Waals surface area contributed by atoms with Gasteiger partial charge in [-0.05, 0) is 36.2 Å². The van der Waals surface area contributed by atoms with Gasteiger partial charge in [0.05, 0.1) is 6.61 Å². The molecule has 1 rings (SSSR count). The van der Waals surface area contributed by atoms with Crippen LogP contribution < -0.4 is 5.32 Å². The zero-order valence-corrected chi connectivity index (χ0v) is 11.6. The van der Waals surface area contributed by atoms with Crippen LogP contribution in [0.25, 0.3) is 0 Å². The molecule has 0 atom stereocenters. The number of aryl methyl sites for hydroxylation is 1. The van der Waals surface area contributed by atoms with Crippen LogP contribution in [0.4, 0.5) is 5.82 Å². The van der Waals surface area contributed by atoms with Crippen LogP contribution in [0.3, 0.4) is 0 Å². The third-order valence-electron chi connectivity index (χ3n) is 1.98. The van der Waals surface area contributed by atoms with E-state index < -0.39 is 0 Å². The van der Waals surface area contributed by atoms with Crippen molar-refractivity contribution in [2.75, 3.05) is 18.5 Å². The normalized spacial score (nSPS) is 10.1. The van der Waals surface area contributed by atoms with Gasteiger partial charge in [0, 0.05) is 19.0 Å². The Morgan fingerprint density at radius 2 is 2.29 bits per heavy atom. The fraction of sp³-hybridized carbons (Fsp3) is 0.545. The van der Waals surface area contributed by atoms with Gasteiger partial charge in [0.1, 0.15) is 16.2 Å². The highest BCUT2D eigenvalue weighted by Gasteiger charge is 2.02. The molecule has 0 radical (unpaired) electrons. The van der Waals surface area contributed by atoms with Crippen LogP contribution in [-0.4, -0.2) is 29.1 Å². The number of carbonyl (C=O) groups excluding carboxylic acids is 1. The van der Waals surface area contributed by atoms with Gasteiger partial charge < -0.3 is 10.1 Å². The predicted octanol–water partition coefficient (Wildman–Crippen LogP) is 2.30. The summed E-state index contributed by atoms with van der Waals surface area (Å²) in [5, 5.41) is 3.13. The highest BCUT2D eigenvalue weighted by Crippen LogP contribution is 2.11. The molecular formula is C11H16BrN3O2. The molecule has 1 aromatic rings. The van der Waals surface area contributed by atoms with Crippen LogP contribution in [0.5, 0.6) is 0 Å². The first-order valence-electron chi connectivity index (χ1n) is 5.52. The number of aromatic nitrogens is 2. The molecule has 0 saturated heterocycles. The second-order valence-corrected chi connectivity index (χ2v) is 4.27. The summed E-state index contributed by atoms with van der Waals surface area (Å²) < 4.78 is 5.58. The fourth-order valence-corrected chi connectivity index (χ4v) is 1.78. The van der Waals surface area contributed by atoms with Gasteiger partial charge in [-0.1, -0.05) is 0 Å². The molecule has 0 spiro atoms. The van der Waals surface area contributed by atoms with E-state index in [-0.39, 0.29) is 5.97 Å². The zero-order valence-electron chi connectivity index (χ0n) is 9.99. The van der Waals surface area contributed by atoms with Gasteiger partial charge in [-0.2, -0.15) is 0 Å². The van der Waals surface area contributed by atoms with E-state index in [1.165, 1.54) is 0 Å². The van der Waals surface area contributed by atoms with Gasteiger partial charge in [-0.15, -0.1) is 0 Å². The molecule has 0 aliphatic rings. The second-order valence-electron chi connectivity index (χ2n) is 3.46. The molecule has 6 heteroatoms. The summed E-state index contributed by atoms with van der Waals surface area (Å²) in [5.41, 5.74) is 0. The average molecular weight is 302 g/mol. The van der Waals surface area contributed by atoms with Crippen molar-refractivity contribution in [2.24, 2.45) is 0 Å². The Bertz CT molecular complexity index is 365. The highest BCUT2D eigenvalue weighted by molar-refractivity contribution is 9.10. The summed E-state index contributed by atoms with van der Waals surface area (Å²) in [6.07, 6.45) is 1.14. The van der Waals surface area contributed by atoms with Crippen LogP contribution >= 0.6 is 15.9 Å². The molecule has 0 fully saturated rings. The van der Waals surface area contributed by atoms with E-state index in [0.29, 0.717) is 25.4 Å². The third kappa shape index (κ3) is 5.63. The van der Waals surface area contributed by atoms with Crippen LogP contribution in [0, 0.1) is 6.92 Å². The lowest BCUT2D eigenvalue weighted by Crippen LogP contribution is -2.09. The first-order valence-corrected chi connectivity index (χ1v) is 6.31. The van der Waals surface area contributed by atoms with E-state index in [1.54, 1.807) is 13.0 Å². The standard InChI is InChI=1S/C11H16BrN3O2/c1-3-17-11(16)5-4-6-13-10-7-9(12)14-8(2)15-10/h7H,3-6H2,1-2H3,(H,13,14,15). The monoisotopic (exact) mass is 301 g/mol. The van der Waals surface area contributed by atoms with Gasteiger partial charge in [-0.25, -0.2) is 9.97 Å². The summed E-state index contributed by atoms with van der Waals surface area (Å²) >= 11 is 3.30. The predicted molar refractivity (Wildman–Crippen MR) is 68.8 cm³/mol. The van der Waals surface area contributed by atoms with E-state index in [1.807, 2.05) is 6.92 Å². The van der Waals surface area contributed by atoms with Gasteiger partial charge in [0.25, 0.3) is 0 Å². The SMILES string of the molecule is CCOC(=O)CCCNc1cc(Br)nc(C)n1. The molecule has 94 valence electrons. The van der Waals surface area contributed by atoms with Gasteiger partial charge in [-0.3, -0.25) is 4.79 Å². The van der Waals surface area contributed by atoms with Gasteiger partial charge in [0.2, 0.25) is 0 Å². The Morgan fingerprint density at radius 3 is 2.94 bits per heavy atom. The van der Waals surface area contributed by atoms with Crippen molar-refractivity contribution in [1.29, 1.82) is 0 Å². The van der Waals surface area contributed by atoms with Crippen molar-refractivity contribution < 1.29 is 9.53 Å². The molecule has 0 unspecified atom stereocenters. The number of ether oxygens (including phenoxy) is 1. The first-order chi connectivity index (χ1) is 8.11. The second kappa shape index (κ2) is 7.21. The molecule has 0 aliphatic heterocycles. The molecule has 0 aliphatic carbocycles. The van der Waals surface area contributed by atoms with Crippen LogP contribution in [0.15, 0.2) is 10.7 Å². The summed E-state index contributed by atoms with van der Waals surface area (Å²) in [6, 6.07) is 1.80. The zero-order chi connectivity index (χ0) is 12.7. The number of halogens is 1. The van der Waals surface area contributed by atoms with E-state index in [2.05, 4.69) is 31.2 Å².